The number of amides is 2. The van der Waals surface area contributed by atoms with Gasteiger partial charge in [0.25, 0.3) is 0 Å². The number of carbonyl (C=O) groups excluding carboxylic acids is 2. The largest absolute Gasteiger partial charge is 0.354 e. The Morgan fingerprint density at radius 2 is 2.46 bits per heavy atom. The molecular formula is C8H13ClN2O2. The minimum absolute atomic E-state index is 0.0990. The second-order valence-electron chi connectivity index (χ2n) is 3.34. The van der Waals surface area contributed by atoms with Gasteiger partial charge in [-0.05, 0) is 12.3 Å². The van der Waals surface area contributed by atoms with E-state index in [-0.39, 0.29) is 17.7 Å². The molecule has 2 unspecified atom stereocenters. The minimum atomic E-state index is -0.407. The van der Waals surface area contributed by atoms with Crippen LogP contribution in [0.2, 0.25) is 0 Å². The molecule has 13 heavy (non-hydrogen) atoms. The van der Waals surface area contributed by atoms with Gasteiger partial charge in [-0.25, -0.2) is 0 Å². The van der Waals surface area contributed by atoms with Crippen molar-refractivity contribution in [2.45, 2.75) is 19.4 Å². The molecule has 2 atom stereocenters. The Bertz CT molecular complexity index is 220. The number of rotatable bonds is 2. The number of halogens is 1. The molecule has 1 aliphatic heterocycles. The molecule has 0 bridgehead atoms. The van der Waals surface area contributed by atoms with Crippen LogP contribution in [0.5, 0.6) is 0 Å². The fourth-order valence-electron chi connectivity index (χ4n) is 1.35. The summed E-state index contributed by atoms with van der Waals surface area (Å²) in [6.07, 6.45) is 0.689. The summed E-state index contributed by atoms with van der Waals surface area (Å²) < 4.78 is 0. The van der Waals surface area contributed by atoms with E-state index in [4.69, 9.17) is 11.6 Å². The summed E-state index contributed by atoms with van der Waals surface area (Å²) in [5.74, 6) is -0.108. The first-order valence-corrected chi connectivity index (χ1v) is 4.80. The molecule has 0 aliphatic carbocycles. The third kappa shape index (κ3) is 2.88. The number of hydrogen-bond acceptors (Lipinski definition) is 2. The topological polar surface area (TPSA) is 58.2 Å². The van der Waals surface area contributed by atoms with Crippen LogP contribution in [0.15, 0.2) is 0 Å². The number of carbonyl (C=O) groups is 2. The zero-order valence-corrected chi connectivity index (χ0v) is 8.23. The normalized spacial score (nSPS) is 28.0. The van der Waals surface area contributed by atoms with Crippen LogP contribution in [0, 0.1) is 5.92 Å². The Balaban J connectivity index is 2.46. The smallest absolute Gasteiger partial charge is 0.242 e. The van der Waals surface area contributed by atoms with Crippen LogP contribution in [0.1, 0.15) is 13.3 Å². The van der Waals surface area contributed by atoms with E-state index in [1.165, 1.54) is 0 Å². The fraction of sp³-hybridized carbons (Fsp3) is 0.750. The second-order valence-corrected chi connectivity index (χ2v) is 3.61. The molecule has 4 nitrogen and oxygen atoms in total. The van der Waals surface area contributed by atoms with Gasteiger partial charge in [-0.1, -0.05) is 6.92 Å². The van der Waals surface area contributed by atoms with Gasteiger partial charge in [0.2, 0.25) is 11.8 Å². The highest BCUT2D eigenvalue weighted by Crippen LogP contribution is 2.10. The van der Waals surface area contributed by atoms with Gasteiger partial charge in [-0.15, -0.1) is 11.6 Å². The average molecular weight is 205 g/mol. The van der Waals surface area contributed by atoms with Crippen molar-refractivity contribution in [2.75, 3.05) is 12.4 Å². The summed E-state index contributed by atoms with van der Waals surface area (Å²) in [4.78, 5) is 22.1. The summed E-state index contributed by atoms with van der Waals surface area (Å²) >= 11 is 5.31. The molecule has 2 N–H and O–H groups in total. The average Bonchev–Trinajstić information content (AvgIpc) is 2.11. The van der Waals surface area contributed by atoms with Gasteiger partial charge >= 0.3 is 0 Å². The first kappa shape index (κ1) is 10.3. The maximum atomic E-state index is 11.2. The molecule has 1 saturated heterocycles. The van der Waals surface area contributed by atoms with E-state index in [1.54, 1.807) is 0 Å². The Morgan fingerprint density at radius 1 is 1.77 bits per heavy atom. The van der Waals surface area contributed by atoms with Crippen LogP contribution in [0.25, 0.3) is 0 Å². The SMILES string of the molecule is CC1CNC(=O)C(NC(=O)CCl)C1. The second kappa shape index (κ2) is 4.46. The monoisotopic (exact) mass is 204 g/mol. The van der Waals surface area contributed by atoms with Gasteiger partial charge in [0.1, 0.15) is 11.9 Å². The minimum Gasteiger partial charge on any atom is -0.354 e. The molecule has 0 radical (unpaired) electrons. The van der Waals surface area contributed by atoms with Crippen LogP contribution in [-0.4, -0.2) is 30.3 Å². The Labute approximate surface area is 82.0 Å². The third-order valence-corrected chi connectivity index (χ3v) is 2.28. The zero-order chi connectivity index (χ0) is 9.84. The lowest BCUT2D eigenvalue weighted by Gasteiger charge is -2.27. The molecular weight excluding hydrogens is 192 g/mol. The van der Waals surface area contributed by atoms with E-state index >= 15 is 0 Å². The molecule has 1 rings (SSSR count). The number of nitrogens with one attached hydrogen (secondary N) is 2. The molecule has 5 heteroatoms. The van der Waals surface area contributed by atoms with Crippen LogP contribution >= 0.6 is 11.6 Å². The van der Waals surface area contributed by atoms with Crippen molar-refractivity contribution in [1.82, 2.24) is 10.6 Å². The Kier molecular flexibility index (Phi) is 3.54. The van der Waals surface area contributed by atoms with Crippen LogP contribution in [0.4, 0.5) is 0 Å². The van der Waals surface area contributed by atoms with Gasteiger partial charge in [0.15, 0.2) is 0 Å². The predicted molar refractivity (Wildman–Crippen MR) is 49.4 cm³/mol. The van der Waals surface area contributed by atoms with Gasteiger partial charge in [-0.3, -0.25) is 9.59 Å². The van der Waals surface area contributed by atoms with E-state index in [9.17, 15) is 9.59 Å². The maximum absolute atomic E-state index is 11.2. The molecule has 0 aromatic rings. The molecule has 0 saturated carbocycles. The summed E-state index contributed by atoms with van der Waals surface area (Å²) in [7, 11) is 0. The Morgan fingerprint density at radius 3 is 3.08 bits per heavy atom. The maximum Gasteiger partial charge on any atom is 0.242 e. The summed E-state index contributed by atoms with van der Waals surface area (Å²) in [6.45, 7) is 2.71. The number of piperidine rings is 1. The Hall–Kier alpha value is -0.770. The van der Waals surface area contributed by atoms with Crippen molar-refractivity contribution in [1.29, 1.82) is 0 Å². The number of hydrogen-bond donors (Lipinski definition) is 2. The first-order valence-electron chi connectivity index (χ1n) is 4.26. The lowest BCUT2D eigenvalue weighted by molar-refractivity contribution is -0.129. The highest BCUT2D eigenvalue weighted by molar-refractivity contribution is 6.27. The molecule has 1 aliphatic rings. The van der Waals surface area contributed by atoms with Crippen LogP contribution in [0.3, 0.4) is 0 Å². The number of alkyl halides is 1. The van der Waals surface area contributed by atoms with E-state index in [1.807, 2.05) is 6.92 Å². The molecule has 1 heterocycles. The van der Waals surface area contributed by atoms with Crippen molar-refractivity contribution in [3.05, 3.63) is 0 Å². The summed E-state index contributed by atoms with van der Waals surface area (Å²) in [6, 6.07) is -0.407. The van der Waals surface area contributed by atoms with Gasteiger partial charge in [0, 0.05) is 6.54 Å². The quantitative estimate of drug-likeness (QED) is 0.616. The van der Waals surface area contributed by atoms with Crippen molar-refractivity contribution in [3.63, 3.8) is 0 Å². The summed E-state index contributed by atoms with van der Waals surface area (Å²) in [5.41, 5.74) is 0. The van der Waals surface area contributed by atoms with Gasteiger partial charge in [-0.2, -0.15) is 0 Å². The van der Waals surface area contributed by atoms with Crippen molar-refractivity contribution in [3.8, 4) is 0 Å². The van der Waals surface area contributed by atoms with Crippen molar-refractivity contribution >= 4 is 23.4 Å². The zero-order valence-electron chi connectivity index (χ0n) is 7.47. The molecule has 0 aromatic heterocycles. The molecule has 74 valence electrons. The molecule has 2 amide bonds. The van der Waals surface area contributed by atoms with Crippen LogP contribution < -0.4 is 10.6 Å². The molecule has 1 fully saturated rings. The van der Waals surface area contributed by atoms with E-state index < -0.39 is 6.04 Å². The van der Waals surface area contributed by atoms with Crippen molar-refractivity contribution < 1.29 is 9.59 Å². The predicted octanol–water partition coefficient (Wildman–Crippen LogP) is -0.134. The lowest BCUT2D eigenvalue weighted by Crippen LogP contribution is -2.52. The van der Waals surface area contributed by atoms with Gasteiger partial charge < -0.3 is 10.6 Å². The van der Waals surface area contributed by atoms with E-state index in [0.29, 0.717) is 18.9 Å². The first-order chi connectivity index (χ1) is 6.13. The van der Waals surface area contributed by atoms with Crippen molar-refractivity contribution in [2.24, 2.45) is 5.92 Å². The lowest BCUT2D eigenvalue weighted by atomic mass is 9.97. The van der Waals surface area contributed by atoms with Crippen LogP contribution in [-0.2, 0) is 9.59 Å². The third-order valence-electron chi connectivity index (χ3n) is 2.04. The molecule has 0 spiro atoms. The fourth-order valence-corrected chi connectivity index (χ4v) is 1.43. The standard InChI is InChI=1S/C8H13ClN2O2/c1-5-2-6(8(13)10-4-5)11-7(12)3-9/h5-6H,2-4H2,1H3,(H,10,13)(H,11,12). The molecule has 0 aromatic carbocycles. The summed E-state index contributed by atoms with van der Waals surface area (Å²) in [5, 5.41) is 5.28. The van der Waals surface area contributed by atoms with E-state index in [0.717, 1.165) is 0 Å². The van der Waals surface area contributed by atoms with Gasteiger partial charge in [0.05, 0.1) is 0 Å². The van der Waals surface area contributed by atoms with E-state index in [2.05, 4.69) is 10.6 Å². The highest BCUT2D eigenvalue weighted by atomic mass is 35.5. The highest BCUT2D eigenvalue weighted by Gasteiger charge is 2.26.